The van der Waals surface area contributed by atoms with Gasteiger partial charge in [0.15, 0.2) is 0 Å². The molecule has 6 nitrogen and oxygen atoms in total. The largest absolute Gasteiger partial charge is 0.353 e. The predicted molar refractivity (Wildman–Crippen MR) is 95.7 cm³/mol. The van der Waals surface area contributed by atoms with Gasteiger partial charge in [0.1, 0.15) is 5.82 Å². The Kier molecular flexibility index (Phi) is 4.64. The van der Waals surface area contributed by atoms with Crippen LogP contribution in [-0.2, 0) is 4.79 Å². The second-order valence-electron chi connectivity index (χ2n) is 6.18. The van der Waals surface area contributed by atoms with Crippen LogP contribution in [0.15, 0.2) is 30.3 Å². The van der Waals surface area contributed by atoms with Crippen molar-refractivity contribution in [2.24, 2.45) is 0 Å². The number of benzene rings is 1. The van der Waals surface area contributed by atoms with Crippen LogP contribution in [-0.4, -0.2) is 47.0 Å². The van der Waals surface area contributed by atoms with Gasteiger partial charge in [0, 0.05) is 50.6 Å². The summed E-state index contributed by atoms with van der Waals surface area (Å²) in [6.07, 6.45) is 0. The summed E-state index contributed by atoms with van der Waals surface area (Å²) in [6.45, 7) is 8.70. The van der Waals surface area contributed by atoms with Crippen molar-refractivity contribution in [3.63, 3.8) is 0 Å². The van der Waals surface area contributed by atoms with E-state index in [2.05, 4.69) is 39.2 Å². The first-order valence-electron chi connectivity index (χ1n) is 8.21. The number of amides is 1. The maximum absolute atomic E-state index is 11.4. The van der Waals surface area contributed by atoms with E-state index in [0.717, 1.165) is 43.4 Å². The van der Waals surface area contributed by atoms with Crippen molar-refractivity contribution in [2.75, 3.05) is 36.4 Å². The number of aromatic nitrogens is 2. The van der Waals surface area contributed by atoms with E-state index in [4.69, 9.17) is 0 Å². The summed E-state index contributed by atoms with van der Waals surface area (Å²) in [6, 6.07) is 10.1. The van der Waals surface area contributed by atoms with E-state index >= 15 is 0 Å². The number of carbonyl (C=O) groups excluding carboxylic acids is 1. The quantitative estimate of drug-likeness (QED) is 0.939. The van der Waals surface area contributed by atoms with E-state index in [1.54, 1.807) is 6.92 Å². The van der Waals surface area contributed by atoms with Crippen LogP contribution in [0, 0.1) is 13.8 Å². The van der Waals surface area contributed by atoms with Crippen LogP contribution in [0.5, 0.6) is 0 Å². The van der Waals surface area contributed by atoms with E-state index in [9.17, 15) is 4.79 Å². The number of rotatable bonds is 3. The van der Waals surface area contributed by atoms with Crippen molar-refractivity contribution in [1.82, 2.24) is 14.9 Å². The number of nitrogens with zero attached hydrogens (tertiary/aromatic N) is 4. The van der Waals surface area contributed by atoms with E-state index in [-0.39, 0.29) is 5.91 Å². The fourth-order valence-corrected chi connectivity index (χ4v) is 2.79. The summed E-state index contributed by atoms with van der Waals surface area (Å²) in [5, 5.41) is 3.27. The van der Waals surface area contributed by atoms with Crippen LogP contribution < -0.4 is 10.2 Å². The molecule has 2 heterocycles. The van der Waals surface area contributed by atoms with Gasteiger partial charge in [-0.05, 0) is 26.0 Å². The molecule has 1 aromatic heterocycles. The van der Waals surface area contributed by atoms with Crippen LogP contribution >= 0.6 is 0 Å². The molecule has 0 radical (unpaired) electrons. The molecule has 1 fully saturated rings. The molecule has 126 valence electrons. The minimum atomic E-state index is 0.134. The third-order valence-electron chi connectivity index (χ3n) is 4.20. The lowest BCUT2D eigenvalue weighted by Crippen LogP contribution is -2.48. The number of nitrogens with one attached hydrogen (secondary N) is 1. The van der Waals surface area contributed by atoms with Crippen LogP contribution in [0.25, 0.3) is 0 Å². The third kappa shape index (κ3) is 3.82. The normalized spacial score (nSPS) is 14.6. The average molecular weight is 325 g/mol. The summed E-state index contributed by atoms with van der Waals surface area (Å²) in [7, 11) is 0. The van der Waals surface area contributed by atoms with Crippen molar-refractivity contribution in [3.05, 3.63) is 41.6 Å². The zero-order chi connectivity index (χ0) is 17.1. The first-order valence-corrected chi connectivity index (χ1v) is 8.21. The molecule has 0 atom stereocenters. The number of aryl methyl sites for hydroxylation is 2. The summed E-state index contributed by atoms with van der Waals surface area (Å²) in [5.41, 5.74) is 3.11. The molecule has 3 rings (SSSR count). The average Bonchev–Trinajstić information content (AvgIpc) is 2.56. The highest BCUT2D eigenvalue weighted by Crippen LogP contribution is 2.20. The molecule has 6 heteroatoms. The minimum absolute atomic E-state index is 0.134. The number of piperazine rings is 1. The topological polar surface area (TPSA) is 61.4 Å². The molecule has 0 saturated carbocycles. The standard InChI is InChI=1S/C18H23N5O/c1-13-4-6-16(7-5-13)20-18-19-14(2)12-17(21-18)23-10-8-22(9-11-23)15(3)24/h4-7,12H,8-11H2,1-3H3,(H,19,20,21). The second kappa shape index (κ2) is 6.86. The minimum Gasteiger partial charge on any atom is -0.353 e. The van der Waals surface area contributed by atoms with Crippen LogP contribution in [0.1, 0.15) is 18.2 Å². The number of anilines is 3. The highest BCUT2D eigenvalue weighted by atomic mass is 16.2. The first kappa shape index (κ1) is 16.2. The van der Waals surface area contributed by atoms with Gasteiger partial charge < -0.3 is 15.1 Å². The molecule has 1 N–H and O–H groups in total. The molecule has 24 heavy (non-hydrogen) atoms. The van der Waals surface area contributed by atoms with Gasteiger partial charge in [0.25, 0.3) is 0 Å². The van der Waals surface area contributed by atoms with Crippen molar-refractivity contribution >= 4 is 23.4 Å². The molecular weight excluding hydrogens is 302 g/mol. The molecule has 1 aliphatic rings. The Labute approximate surface area is 142 Å². The lowest BCUT2D eigenvalue weighted by molar-refractivity contribution is -0.129. The summed E-state index contributed by atoms with van der Waals surface area (Å²) in [5.74, 6) is 1.64. The summed E-state index contributed by atoms with van der Waals surface area (Å²) in [4.78, 5) is 24.6. The third-order valence-corrected chi connectivity index (χ3v) is 4.20. The van der Waals surface area contributed by atoms with Crippen LogP contribution in [0.4, 0.5) is 17.5 Å². The monoisotopic (exact) mass is 325 g/mol. The van der Waals surface area contributed by atoms with Gasteiger partial charge >= 0.3 is 0 Å². The highest BCUT2D eigenvalue weighted by Gasteiger charge is 2.20. The zero-order valence-electron chi connectivity index (χ0n) is 14.4. The Balaban J connectivity index is 1.74. The molecule has 1 aliphatic heterocycles. The first-order chi connectivity index (χ1) is 11.5. The summed E-state index contributed by atoms with van der Waals surface area (Å²) < 4.78 is 0. The zero-order valence-corrected chi connectivity index (χ0v) is 14.4. The van der Waals surface area contributed by atoms with Crippen LogP contribution in [0.2, 0.25) is 0 Å². The van der Waals surface area contributed by atoms with Gasteiger partial charge in [-0.3, -0.25) is 4.79 Å². The van der Waals surface area contributed by atoms with Crippen molar-refractivity contribution in [1.29, 1.82) is 0 Å². The van der Waals surface area contributed by atoms with Crippen LogP contribution in [0.3, 0.4) is 0 Å². The van der Waals surface area contributed by atoms with Gasteiger partial charge in [-0.2, -0.15) is 4.98 Å². The van der Waals surface area contributed by atoms with Crippen molar-refractivity contribution < 1.29 is 4.79 Å². The van der Waals surface area contributed by atoms with Gasteiger partial charge in [-0.25, -0.2) is 4.98 Å². The molecule has 0 bridgehead atoms. The molecule has 2 aromatic rings. The van der Waals surface area contributed by atoms with E-state index in [1.165, 1.54) is 5.56 Å². The van der Waals surface area contributed by atoms with E-state index in [1.807, 2.05) is 30.0 Å². The van der Waals surface area contributed by atoms with Crippen molar-refractivity contribution in [3.8, 4) is 0 Å². The van der Waals surface area contributed by atoms with E-state index in [0.29, 0.717) is 5.95 Å². The fourth-order valence-electron chi connectivity index (χ4n) is 2.79. The maximum Gasteiger partial charge on any atom is 0.229 e. The second-order valence-corrected chi connectivity index (χ2v) is 6.18. The molecule has 0 spiro atoms. The Hall–Kier alpha value is -2.63. The lowest BCUT2D eigenvalue weighted by atomic mass is 10.2. The molecule has 1 aromatic carbocycles. The van der Waals surface area contributed by atoms with Gasteiger partial charge in [-0.1, -0.05) is 17.7 Å². The molecule has 0 unspecified atom stereocenters. The lowest BCUT2D eigenvalue weighted by Gasteiger charge is -2.35. The fraction of sp³-hybridized carbons (Fsp3) is 0.389. The number of carbonyl (C=O) groups is 1. The van der Waals surface area contributed by atoms with Gasteiger partial charge in [-0.15, -0.1) is 0 Å². The molecule has 0 aliphatic carbocycles. The molecule has 1 amide bonds. The number of hydrogen-bond donors (Lipinski definition) is 1. The van der Waals surface area contributed by atoms with Gasteiger partial charge in [0.2, 0.25) is 11.9 Å². The number of hydrogen-bond acceptors (Lipinski definition) is 5. The Morgan fingerprint density at radius 3 is 2.33 bits per heavy atom. The molecule has 1 saturated heterocycles. The predicted octanol–water partition coefficient (Wildman–Crippen LogP) is 2.51. The SMILES string of the molecule is CC(=O)N1CCN(c2cc(C)nc(Nc3ccc(C)cc3)n2)CC1. The van der Waals surface area contributed by atoms with Crippen molar-refractivity contribution in [2.45, 2.75) is 20.8 Å². The van der Waals surface area contributed by atoms with Gasteiger partial charge in [0.05, 0.1) is 0 Å². The Bertz CT molecular complexity index is 721. The highest BCUT2D eigenvalue weighted by molar-refractivity contribution is 5.73. The summed E-state index contributed by atoms with van der Waals surface area (Å²) >= 11 is 0. The Morgan fingerprint density at radius 2 is 1.71 bits per heavy atom. The smallest absolute Gasteiger partial charge is 0.229 e. The molecular formula is C18H23N5O. The Morgan fingerprint density at radius 1 is 1.04 bits per heavy atom. The maximum atomic E-state index is 11.4. The van der Waals surface area contributed by atoms with E-state index < -0.39 is 0 Å².